The van der Waals surface area contributed by atoms with Crippen molar-refractivity contribution in [1.29, 1.82) is 0 Å². The summed E-state index contributed by atoms with van der Waals surface area (Å²) in [6.07, 6.45) is -2.74. The second-order valence-electron chi connectivity index (χ2n) is 7.33. The Hall–Kier alpha value is -2.32. The van der Waals surface area contributed by atoms with Gasteiger partial charge in [0, 0.05) is 37.4 Å². The highest BCUT2D eigenvalue weighted by atomic mass is 35.5. The first-order valence-electron chi connectivity index (χ1n) is 9.78. The largest absolute Gasteiger partial charge is 0.417 e. The number of hydrogen-bond donors (Lipinski definition) is 1. The van der Waals surface area contributed by atoms with Crippen molar-refractivity contribution in [2.24, 2.45) is 0 Å². The molecule has 3 rings (SSSR count). The molecule has 2 heterocycles. The molecule has 0 spiro atoms. The van der Waals surface area contributed by atoms with Crippen LogP contribution in [0.1, 0.15) is 30.5 Å². The fraction of sp³-hybridized carbons (Fsp3) is 0.429. The van der Waals surface area contributed by atoms with E-state index >= 15 is 0 Å². The van der Waals surface area contributed by atoms with Crippen LogP contribution in [0.15, 0.2) is 42.6 Å². The second-order valence-corrected chi connectivity index (χ2v) is 7.74. The molecule has 1 N–H and O–H groups in total. The van der Waals surface area contributed by atoms with Gasteiger partial charge in [0.05, 0.1) is 18.2 Å². The smallest absolute Gasteiger partial charge is 0.355 e. The number of rotatable bonds is 5. The molecule has 1 aliphatic rings. The minimum absolute atomic E-state index is 0.0940. The van der Waals surface area contributed by atoms with E-state index in [0.717, 1.165) is 30.8 Å². The molecule has 0 bridgehead atoms. The molecule has 1 saturated heterocycles. The lowest BCUT2D eigenvalue weighted by molar-refractivity contribution is -0.137. The fourth-order valence-corrected chi connectivity index (χ4v) is 3.79. The van der Waals surface area contributed by atoms with Crippen molar-refractivity contribution in [2.75, 3.05) is 37.6 Å². The molecule has 5 nitrogen and oxygen atoms in total. The quantitative estimate of drug-likeness (QED) is 0.759. The number of hydrogen-bond acceptors (Lipinski definition) is 4. The molecule has 162 valence electrons. The number of nitrogens with one attached hydrogen (secondary N) is 1. The minimum atomic E-state index is -4.39. The van der Waals surface area contributed by atoms with E-state index in [0.29, 0.717) is 30.5 Å². The zero-order valence-corrected chi connectivity index (χ0v) is 17.4. The highest BCUT2D eigenvalue weighted by Gasteiger charge is 2.31. The van der Waals surface area contributed by atoms with Gasteiger partial charge in [-0.15, -0.1) is 0 Å². The molecule has 0 saturated carbocycles. The second kappa shape index (κ2) is 9.66. The topological polar surface area (TPSA) is 48.5 Å². The number of aromatic nitrogens is 1. The van der Waals surface area contributed by atoms with E-state index in [1.54, 1.807) is 6.07 Å². The Balaban J connectivity index is 1.52. The lowest BCUT2D eigenvalue weighted by Crippen LogP contribution is -2.40. The van der Waals surface area contributed by atoms with Crippen molar-refractivity contribution in [3.05, 3.63) is 58.7 Å². The van der Waals surface area contributed by atoms with Gasteiger partial charge < -0.3 is 10.2 Å². The van der Waals surface area contributed by atoms with Crippen molar-refractivity contribution in [1.82, 2.24) is 15.2 Å². The number of carbonyl (C=O) groups excluding carboxylic acids is 1. The van der Waals surface area contributed by atoms with E-state index < -0.39 is 11.7 Å². The summed E-state index contributed by atoms with van der Waals surface area (Å²) < 4.78 is 38.1. The van der Waals surface area contributed by atoms with E-state index in [1.165, 1.54) is 6.07 Å². The normalized spacial score (nSPS) is 16.8. The predicted molar refractivity (Wildman–Crippen MR) is 111 cm³/mol. The Kier molecular flexibility index (Phi) is 7.20. The number of carbonyl (C=O) groups is 1. The monoisotopic (exact) mass is 440 g/mol. The average molecular weight is 441 g/mol. The average Bonchev–Trinajstić information content (AvgIpc) is 2.93. The molecule has 0 radical (unpaired) electrons. The zero-order chi connectivity index (χ0) is 21.7. The van der Waals surface area contributed by atoms with E-state index in [9.17, 15) is 18.0 Å². The molecule has 0 aliphatic carbocycles. The maximum Gasteiger partial charge on any atom is 0.417 e. The lowest BCUT2D eigenvalue weighted by Gasteiger charge is -2.23. The summed E-state index contributed by atoms with van der Waals surface area (Å²) in [5.41, 5.74) is 0.106. The molecular formula is C21H24ClF3N4O. The number of anilines is 1. The molecule has 9 heteroatoms. The minimum Gasteiger partial charge on any atom is -0.355 e. The summed E-state index contributed by atoms with van der Waals surface area (Å²) in [6.45, 7) is 4.75. The van der Waals surface area contributed by atoms with Crippen LogP contribution in [0.25, 0.3) is 0 Å². The lowest BCUT2D eigenvalue weighted by atomic mass is 10.1. The highest BCUT2D eigenvalue weighted by Crippen LogP contribution is 2.29. The van der Waals surface area contributed by atoms with Crippen LogP contribution in [0.5, 0.6) is 0 Å². The van der Waals surface area contributed by atoms with Crippen LogP contribution in [0.3, 0.4) is 0 Å². The summed E-state index contributed by atoms with van der Waals surface area (Å²) in [5, 5.41) is 3.58. The maximum atomic E-state index is 12.7. The van der Waals surface area contributed by atoms with Gasteiger partial charge >= 0.3 is 6.18 Å². The van der Waals surface area contributed by atoms with Gasteiger partial charge in [-0.05, 0) is 37.1 Å². The molecule has 1 fully saturated rings. The Bertz CT molecular complexity index is 860. The highest BCUT2D eigenvalue weighted by molar-refractivity contribution is 6.31. The van der Waals surface area contributed by atoms with Gasteiger partial charge in [-0.25, -0.2) is 4.98 Å². The molecule has 30 heavy (non-hydrogen) atoms. The summed E-state index contributed by atoms with van der Waals surface area (Å²) in [7, 11) is 0. The SMILES string of the molecule is C[C@H](NC(=O)CN1CCCN(c2ccc(C(F)(F)F)cn2)CC1)c1ccccc1Cl. The van der Waals surface area contributed by atoms with Gasteiger partial charge in [-0.2, -0.15) is 13.2 Å². The van der Waals surface area contributed by atoms with Gasteiger partial charge in [-0.3, -0.25) is 9.69 Å². The third-order valence-electron chi connectivity index (χ3n) is 5.10. The van der Waals surface area contributed by atoms with E-state index in [1.807, 2.05) is 34.9 Å². The Morgan fingerprint density at radius 3 is 2.60 bits per heavy atom. The van der Waals surface area contributed by atoms with Gasteiger partial charge in [0.25, 0.3) is 0 Å². The predicted octanol–water partition coefficient (Wildman–Crippen LogP) is 4.14. The molecule has 1 amide bonds. The van der Waals surface area contributed by atoms with Gasteiger partial charge in [0.1, 0.15) is 5.82 Å². The number of halogens is 4. The summed E-state index contributed by atoms with van der Waals surface area (Å²) in [4.78, 5) is 20.4. The van der Waals surface area contributed by atoms with Gasteiger partial charge in [-0.1, -0.05) is 29.8 Å². The third kappa shape index (κ3) is 5.86. The fourth-order valence-electron chi connectivity index (χ4n) is 3.49. The maximum absolute atomic E-state index is 12.7. The molecule has 2 aromatic rings. The Morgan fingerprint density at radius 2 is 1.93 bits per heavy atom. The van der Waals surface area contributed by atoms with Crippen LogP contribution in [0.2, 0.25) is 5.02 Å². The standard InChI is InChI=1S/C21H24ClF3N4O/c1-15(17-5-2-3-6-18(17)22)27-20(30)14-28-9-4-10-29(12-11-28)19-8-7-16(13-26-19)21(23,24)25/h2-3,5-8,13,15H,4,9-12,14H2,1H3,(H,27,30)/t15-/m0/s1. The number of nitrogens with zero attached hydrogens (tertiary/aromatic N) is 3. The third-order valence-corrected chi connectivity index (χ3v) is 5.45. The molecule has 1 atom stereocenters. The van der Waals surface area contributed by atoms with Crippen LogP contribution in [-0.4, -0.2) is 48.5 Å². The van der Waals surface area contributed by atoms with Crippen LogP contribution < -0.4 is 10.2 Å². The first kappa shape index (κ1) is 22.4. The van der Waals surface area contributed by atoms with Crippen molar-refractivity contribution in [3.63, 3.8) is 0 Å². The first-order valence-corrected chi connectivity index (χ1v) is 10.2. The number of amides is 1. The molecule has 1 aromatic heterocycles. The Labute approximate surface area is 178 Å². The molecule has 1 aliphatic heterocycles. The van der Waals surface area contributed by atoms with E-state index in [-0.39, 0.29) is 18.5 Å². The molecule has 1 aromatic carbocycles. The summed E-state index contributed by atoms with van der Waals surface area (Å²) in [6, 6.07) is 9.64. The van der Waals surface area contributed by atoms with E-state index in [4.69, 9.17) is 11.6 Å². The summed E-state index contributed by atoms with van der Waals surface area (Å²) >= 11 is 6.19. The van der Waals surface area contributed by atoms with Crippen LogP contribution in [0.4, 0.5) is 19.0 Å². The van der Waals surface area contributed by atoms with Gasteiger partial charge in [0.15, 0.2) is 0 Å². The van der Waals surface area contributed by atoms with Crippen molar-refractivity contribution in [3.8, 4) is 0 Å². The van der Waals surface area contributed by atoms with Crippen LogP contribution in [0, 0.1) is 0 Å². The molecule has 0 unspecified atom stereocenters. The number of pyridine rings is 1. The van der Waals surface area contributed by atoms with E-state index in [2.05, 4.69) is 10.3 Å². The summed E-state index contributed by atoms with van der Waals surface area (Å²) in [5.74, 6) is 0.421. The van der Waals surface area contributed by atoms with Crippen molar-refractivity contribution < 1.29 is 18.0 Å². The van der Waals surface area contributed by atoms with Crippen LogP contribution in [-0.2, 0) is 11.0 Å². The molecular weight excluding hydrogens is 417 g/mol. The number of benzene rings is 1. The zero-order valence-electron chi connectivity index (χ0n) is 16.6. The van der Waals surface area contributed by atoms with Crippen molar-refractivity contribution in [2.45, 2.75) is 25.6 Å². The van der Waals surface area contributed by atoms with Crippen molar-refractivity contribution >= 4 is 23.3 Å². The number of alkyl halides is 3. The Morgan fingerprint density at radius 1 is 1.17 bits per heavy atom. The van der Waals surface area contributed by atoms with Crippen LogP contribution >= 0.6 is 11.6 Å². The van der Waals surface area contributed by atoms with Gasteiger partial charge in [0.2, 0.25) is 5.91 Å². The first-order chi connectivity index (χ1) is 14.2.